The van der Waals surface area contributed by atoms with Crippen LogP contribution in [-0.4, -0.2) is 100 Å². The lowest BCUT2D eigenvalue weighted by Gasteiger charge is -2.36. The number of amides is 1. The third kappa shape index (κ3) is 9.71. The van der Waals surface area contributed by atoms with E-state index in [-0.39, 0.29) is 12.0 Å². The fraction of sp³-hybridized carbons (Fsp3) is 0.900. The summed E-state index contributed by atoms with van der Waals surface area (Å²) in [5.41, 5.74) is 0. The number of nitrogens with zero attached hydrogens (tertiary/aromatic N) is 3. The molecule has 164 valence electrons. The van der Waals surface area contributed by atoms with Crippen molar-refractivity contribution in [1.29, 1.82) is 0 Å². The molecule has 1 heterocycles. The van der Waals surface area contributed by atoms with Crippen molar-refractivity contribution in [2.45, 2.75) is 40.2 Å². The van der Waals surface area contributed by atoms with Crippen LogP contribution in [0.4, 0.5) is 0 Å². The van der Waals surface area contributed by atoms with Gasteiger partial charge in [-0.1, -0.05) is 13.8 Å². The number of guanidine groups is 1. The van der Waals surface area contributed by atoms with Gasteiger partial charge in [-0.3, -0.25) is 14.7 Å². The second-order valence-electron chi connectivity index (χ2n) is 7.37. The van der Waals surface area contributed by atoms with Gasteiger partial charge in [-0.2, -0.15) is 0 Å². The molecule has 1 aliphatic rings. The van der Waals surface area contributed by atoms with E-state index in [4.69, 9.17) is 14.5 Å². The molecule has 0 aromatic rings. The zero-order chi connectivity index (χ0) is 20.8. The second kappa shape index (κ2) is 14.6. The number of ether oxygens (including phenoxy) is 2. The minimum atomic E-state index is 0.0572. The molecular weight excluding hydrogens is 358 g/mol. The molecule has 1 atom stereocenters. The Balaban J connectivity index is 2.45. The number of rotatable bonds is 12. The highest BCUT2D eigenvalue weighted by molar-refractivity contribution is 5.80. The molecule has 1 amide bonds. The number of piperazine rings is 1. The summed E-state index contributed by atoms with van der Waals surface area (Å²) in [6.07, 6.45) is 1.19. The van der Waals surface area contributed by atoms with Gasteiger partial charge in [-0.15, -0.1) is 0 Å². The molecule has 0 aromatic heterocycles. The summed E-state index contributed by atoms with van der Waals surface area (Å²) in [6.45, 7) is 15.9. The lowest BCUT2D eigenvalue weighted by atomic mass is 10.0. The molecule has 2 N–H and O–H groups in total. The molecule has 1 saturated heterocycles. The Morgan fingerprint density at radius 3 is 2.43 bits per heavy atom. The highest BCUT2D eigenvalue weighted by atomic mass is 16.5. The Labute approximate surface area is 171 Å². The smallest absolute Gasteiger partial charge is 0.234 e. The molecule has 1 rings (SSSR count). The minimum absolute atomic E-state index is 0.0572. The van der Waals surface area contributed by atoms with Crippen molar-refractivity contribution in [2.75, 3.05) is 72.7 Å². The summed E-state index contributed by atoms with van der Waals surface area (Å²) >= 11 is 0. The van der Waals surface area contributed by atoms with E-state index in [1.165, 1.54) is 0 Å². The zero-order valence-electron chi connectivity index (χ0n) is 18.5. The number of nitrogens with one attached hydrogen (secondary N) is 2. The molecule has 0 spiro atoms. The molecule has 8 heteroatoms. The SMILES string of the molecule is CCNC(=NCCC(OCC)C(C)C)N1CCN(CC(=O)NCCOC)CC1. The molecule has 0 radical (unpaired) electrons. The first-order chi connectivity index (χ1) is 13.5. The molecule has 8 nitrogen and oxygen atoms in total. The highest BCUT2D eigenvalue weighted by Crippen LogP contribution is 2.11. The summed E-state index contributed by atoms with van der Waals surface area (Å²) < 4.78 is 10.8. The molecule has 0 aliphatic carbocycles. The van der Waals surface area contributed by atoms with E-state index in [1.54, 1.807) is 7.11 Å². The van der Waals surface area contributed by atoms with Gasteiger partial charge in [0.25, 0.3) is 0 Å². The van der Waals surface area contributed by atoms with E-state index < -0.39 is 0 Å². The Bertz CT molecular complexity index is 451. The molecule has 0 aromatic carbocycles. The average molecular weight is 400 g/mol. The maximum Gasteiger partial charge on any atom is 0.234 e. The molecule has 1 unspecified atom stereocenters. The maximum atomic E-state index is 11.9. The first-order valence-electron chi connectivity index (χ1n) is 10.6. The maximum absolute atomic E-state index is 11.9. The number of hydrogen-bond donors (Lipinski definition) is 2. The summed E-state index contributed by atoms with van der Waals surface area (Å²) in [5.74, 6) is 1.52. The largest absolute Gasteiger partial charge is 0.383 e. The highest BCUT2D eigenvalue weighted by Gasteiger charge is 2.21. The van der Waals surface area contributed by atoms with Crippen molar-refractivity contribution in [2.24, 2.45) is 10.9 Å². The van der Waals surface area contributed by atoms with Crippen LogP contribution in [0.3, 0.4) is 0 Å². The second-order valence-corrected chi connectivity index (χ2v) is 7.37. The monoisotopic (exact) mass is 399 g/mol. The van der Waals surface area contributed by atoms with Gasteiger partial charge < -0.3 is 25.0 Å². The van der Waals surface area contributed by atoms with Gasteiger partial charge in [-0.25, -0.2) is 0 Å². The van der Waals surface area contributed by atoms with Crippen molar-refractivity contribution in [1.82, 2.24) is 20.4 Å². The summed E-state index contributed by atoms with van der Waals surface area (Å²) in [5, 5.41) is 6.28. The van der Waals surface area contributed by atoms with Crippen LogP contribution >= 0.6 is 0 Å². The van der Waals surface area contributed by atoms with Crippen molar-refractivity contribution >= 4 is 11.9 Å². The Hall–Kier alpha value is -1.38. The first-order valence-corrected chi connectivity index (χ1v) is 10.6. The van der Waals surface area contributed by atoms with Crippen molar-refractivity contribution in [3.63, 3.8) is 0 Å². The third-order valence-corrected chi connectivity index (χ3v) is 4.80. The van der Waals surface area contributed by atoms with Crippen LogP contribution < -0.4 is 10.6 Å². The first kappa shape index (κ1) is 24.7. The van der Waals surface area contributed by atoms with E-state index in [9.17, 15) is 4.79 Å². The summed E-state index contributed by atoms with van der Waals surface area (Å²) in [7, 11) is 1.63. The summed E-state index contributed by atoms with van der Waals surface area (Å²) in [4.78, 5) is 21.2. The minimum Gasteiger partial charge on any atom is -0.383 e. The normalized spacial score (nSPS) is 17.1. The topological polar surface area (TPSA) is 78.4 Å². The Kier molecular flexibility index (Phi) is 12.9. The average Bonchev–Trinajstić information content (AvgIpc) is 2.67. The molecule has 0 saturated carbocycles. The van der Waals surface area contributed by atoms with E-state index >= 15 is 0 Å². The van der Waals surface area contributed by atoms with Crippen molar-refractivity contribution in [3.05, 3.63) is 0 Å². The van der Waals surface area contributed by atoms with E-state index in [0.29, 0.717) is 25.6 Å². The van der Waals surface area contributed by atoms with Crippen molar-refractivity contribution < 1.29 is 14.3 Å². The lowest BCUT2D eigenvalue weighted by molar-refractivity contribution is -0.122. The number of aliphatic imine (C=N–C) groups is 1. The predicted octanol–water partition coefficient (Wildman–Crippen LogP) is 0.783. The van der Waals surface area contributed by atoms with E-state index in [2.05, 4.69) is 41.2 Å². The third-order valence-electron chi connectivity index (χ3n) is 4.80. The molecule has 0 bridgehead atoms. The molecule has 1 fully saturated rings. The van der Waals surface area contributed by atoms with Crippen molar-refractivity contribution in [3.8, 4) is 0 Å². The standard InChI is InChI=1S/C20H41N5O3/c1-6-21-20(23-9-8-18(17(3)4)28-7-2)25-13-11-24(12-14-25)16-19(26)22-10-15-27-5/h17-18H,6-16H2,1-5H3,(H,21,23)(H,22,26). The number of hydrogen-bond acceptors (Lipinski definition) is 5. The lowest BCUT2D eigenvalue weighted by Crippen LogP contribution is -2.54. The van der Waals surface area contributed by atoms with Crippen LogP contribution in [0.2, 0.25) is 0 Å². The van der Waals surface area contributed by atoms with E-state index in [1.807, 2.05) is 6.92 Å². The predicted molar refractivity (Wildman–Crippen MR) is 114 cm³/mol. The molecule has 28 heavy (non-hydrogen) atoms. The van der Waals surface area contributed by atoms with Crippen LogP contribution in [0.1, 0.15) is 34.1 Å². The van der Waals surface area contributed by atoms with Crippen LogP contribution in [-0.2, 0) is 14.3 Å². The van der Waals surface area contributed by atoms with Crippen LogP contribution in [0.5, 0.6) is 0 Å². The van der Waals surface area contributed by atoms with Gasteiger partial charge >= 0.3 is 0 Å². The van der Waals surface area contributed by atoms with Crippen LogP contribution in [0.25, 0.3) is 0 Å². The number of methoxy groups -OCH3 is 1. The van der Waals surface area contributed by atoms with Gasteiger partial charge in [0.1, 0.15) is 0 Å². The Morgan fingerprint density at radius 1 is 1.14 bits per heavy atom. The quantitative estimate of drug-likeness (QED) is 0.287. The van der Waals surface area contributed by atoms with Gasteiger partial charge in [0.15, 0.2) is 5.96 Å². The van der Waals surface area contributed by atoms with Gasteiger partial charge in [0.05, 0.1) is 19.3 Å². The fourth-order valence-corrected chi connectivity index (χ4v) is 3.22. The number of carbonyl (C=O) groups excluding carboxylic acids is 1. The molecule has 1 aliphatic heterocycles. The van der Waals surface area contributed by atoms with Gasteiger partial charge in [0.2, 0.25) is 5.91 Å². The van der Waals surface area contributed by atoms with Gasteiger partial charge in [-0.05, 0) is 26.2 Å². The summed E-state index contributed by atoms with van der Waals surface area (Å²) in [6, 6.07) is 0. The van der Waals surface area contributed by atoms with Crippen LogP contribution in [0.15, 0.2) is 4.99 Å². The van der Waals surface area contributed by atoms with Gasteiger partial charge in [0, 0.05) is 59.5 Å². The fourth-order valence-electron chi connectivity index (χ4n) is 3.22. The Morgan fingerprint density at radius 2 is 1.86 bits per heavy atom. The van der Waals surface area contributed by atoms with Crippen LogP contribution in [0, 0.1) is 5.92 Å². The number of carbonyl (C=O) groups is 1. The van der Waals surface area contributed by atoms with E-state index in [0.717, 1.165) is 58.3 Å². The molecular formula is C20H41N5O3. The zero-order valence-corrected chi connectivity index (χ0v) is 18.5.